The van der Waals surface area contributed by atoms with Gasteiger partial charge in [0.2, 0.25) is 0 Å². The third kappa shape index (κ3) is 2.49. The molecule has 4 amide bonds. The zero-order valence-corrected chi connectivity index (χ0v) is 11.8. The van der Waals surface area contributed by atoms with E-state index in [1.165, 1.54) is 13.3 Å². The fourth-order valence-corrected chi connectivity index (χ4v) is 3.08. The first-order chi connectivity index (χ1) is 9.52. The van der Waals surface area contributed by atoms with Crippen LogP contribution in [0.15, 0.2) is 0 Å². The third-order valence-corrected chi connectivity index (χ3v) is 4.31. The monoisotopic (exact) mass is 282 g/mol. The number of urea groups is 1. The minimum atomic E-state index is -0.891. The molecule has 1 heterocycles. The number of amides is 4. The van der Waals surface area contributed by atoms with Gasteiger partial charge in [-0.2, -0.15) is 0 Å². The van der Waals surface area contributed by atoms with Crippen LogP contribution < -0.4 is 16.6 Å². The molecule has 0 aromatic rings. The van der Waals surface area contributed by atoms with E-state index in [0.717, 1.165) is 30.6 Å². The molecule has 7 heteroatoms. The summed E-state index contributed by atoms with van der Waals surface area (Å²) in [6.07, 6.45) is 6.44. The number of nitrogens with zero attached hydrogens (tertiary/aromatic N) is 1. The van der Waals surface area contributed by atoms with E-state index in [9.17, 15) is 14.4 Å². The molecule has 0 aromatic heterocycles. The number of hydrazine groups is 1. The van der Waals surface area contributed by atoms with E-state index in [1.807, 2.05) is 5.43 Å². The van der Waals surface area contributed by atoms with Crippen LogP contribution in [-0.2, 0) is 9.59 Å². The van der Waals surface area contributed by atoms with Crippen LogP contribution in [0, 0.1) is 0 Å². The van der Waals surface area contributed by atoms with Gasteiger partial charge in [-0.15, -0.1) is 0 Å². The van der Waals surface area contributed by atoms with Crippen LogP contribution in [0.5, 0.6) is 0 Å². The molecule has 2 rings (SSSR count). The molecule has 2 aliphatic rings. The molecule has 4 N–H and O–H groups in total. The number of rotatable bonds is 2. The molecular formula is C13H22N4O3. The minimum Gasteiger partial charge on any atom is -0.323 e. The Kier molecular flexibility index (Phi) is 4.27. The molecule has 112 valence electrons. The molecule has 0 radical (unpaired) electrons. The number of hydrogen-bond donors (Lipinski definition) is 3. The van der Waals surface area contributed by atoms with E-state index in [1.54, 1.807) is 0 Å². The molecule has 1 saturated heterocycles. The first kappa shape index (κ1) is 14.8. The largest absolute Gasteiger partial charge is 0.325 e. The highest BCUT2D eigenvalue weighted by Crippen LogP contribution is 2.32. The molecule has 1 spiro atoms. The quantitative estimate of drug-likeness (QED) is 0.295. The molecule has 1 atom stereocenters. The molecule has 1 aliphatic heterocycles. The molecule has 0 bridgehead atoms. The van der Waals surface area contributed by atoms with Gasteiger partial charge in [0.25, 0.3) is 11.8 Å². The summed E-state index contributed by atoms with van der Waals surface area (Å²) in [5, 5.41) is 2.81. The van der Waals surface area contributed by atoms with E-state index in [2.05, 4.69) is 5.32 Å². The van der Waals surface area contributed by atoms with Gasteiger partial charge in [-0.05, 0) is 19.8 Å². The fourth-order valence-electron chi connectivity index (χ4n) is 3.08. The summed E-state index contributed by atoms with van der Waals surface area (Å²) in [6, 6.07) is -1.39. The highest BCUT2D eigenvalue weighted by Gasteiger charge is 2.52. The number of carbonyl (C=O) groups is 3. The number of carbonyl (C=O) groups excluding carboxylic acids is 3. The predicted octanol–water partition coefficient (Wildman–Crippen LogP) is 0.400. The average Bonchev–Trinajstić information content (AvgIpc) is 2.65. The van der Waals surface area contributed by atoms with Gasteiger partial charge < -0.3 is 5.32 Å². The SMILES string of the molecule is CC(C(=O)NN)N1C(=O)NC2(CCCCCCC2)C1=O. The van der Waals surface area contributed by atoms with Crippen molar-refractivity contribution in [1.82, 2.24) is 15.6 Å². The van der Waals surface area contributed by atoms with Gasteiger partial charge in [-0.1, -0.05) is 32.1 Å². The van der Waals surface area contributed by atoms with Gasteiger partial charge in [-0.25, -0.2) is 15.5 Å². The van der Waals surface area contributed by atoms with Crippen molar-refractivity contribution >= 4 is 17.8 Å². The maximum Gasteiger partial charge on any atom is 0.325 e. The standard InChI is InChI=1S/C13H22N4O3/c1-9(10(18)16-14)17-11(19)13(15-12(17)20)7-5-3-2-4-6-8-13/h9H,2-8,14H2,1H3,(H,15,20)(H,16,18). The van der Waals surface area contributed by atoms with Crippen LogP contribution in [0.1, 0.15) is 51.9 Å². The first-order valence-corrected chi connectivity index (χ1v) is 7.18. The summed E-state index contributed by atoms with van der Waals surface area (Å²) < 4.78 is 0. The molecule has 1 unspecified atom stereocenters. The summed E-state index contributed by atoms with van der Waals surface area (Å²) >= 11 is 0. The molecule has 1 aliphatic carbocycles. The zero-order chi connectivity index (χ0) is 14.8. The lowest BCUT2D eigenvalue weighted by Gasteiger charge is -2.29. The molecule has 1 saturated carbocycles. The van der Waals surface area contributed by atoms with Crippen LogP contribution in [0.3, 0.4) is 0 Å². The third-order valence-electron chi connectivity index (χ3n) is 4.31. The highest BCUT2D eigenvalue weighted by molar-refractivity contribution is 6.09. The summed E-state index contributed by atoms with van der Waals surface area (Å²) in [5.74, 6) is 4.24. The molecular weight excluding hydrogens is 260 g/mol. The Hall–Kier alpha value is -1.63. The number of nitrogens with two attached hydrogens (primary N) is 1. The number of nitrogens with one attached hydrogen (secondary N) is 2. The Balaban J connectivity index is 2.20. The Labute approximate surface area is 118 Å². The molecule has 0 aromatic carbocycles. The van der Waals surface area contributed by atoms with Crippen molar-refractivity contribution in [2.45, 2.75) is 63.5 Å². The fraction of sp³-hybridized carbons (Fsp3) is 0.769. The Morgan fingerprint density at radius 1 is 1.25 bits per heavy atom. The maximum atomic E-state index is 12.6. The summed E-state index contributed by atoms with van der Waals surface area (Å²) in [6.45, 7) is 1.50. The topological polar surface area (TPSA) is 105 Å². The smallest absolute Gasteiger partial charge is 0.323 e. The first-order valence-electron chi connectivity index (χ1n) is 7.18. The van der Waals surface area contributed by atoms with Crippen LogP contribution in [0.4, 0.5) is 4.79 Å². The average molecular weight is 282 g/mol. The van der Waals surface area contributed by atoms with E-state index >= 15 is 0 Å². The summed E-state index contributed by atoms with van der Waals surface area (Å²) in [5.41, 5.74) is 1.16. The van der Waals surface area contributed by atoms with Crippen molar-refractivity contribution in [1.29, 1.82) is 0 Å². The predicted molar refractivity (Wildman–Crippen MR) is 72.2 cm³/mol. The van der Waals surface area contributed by atoms with Gasteiger partial charge in [0.1, 0.15) is 11.6 Å². The number of hydrogen-bond acceptors (Lipinski definition) is 4. The van der Waals surface area contributed by atoms with Gasteiger partial charge in [-0.3, -0.25) is 15.0 Å². The summed E-state index contributed by atoms with van der Waals surface area (Å²) in [7, 11) is 0. The molecule has 2 fully saturated rings. The van der Waals surface area contributed by atoms with Crippen LogP contribution in [-0.4, -0.2) is 34.3 Å². The van der Waals surface area contributed by atoms with E-state index < -0.39 is 23.5 Å². The van der Waals surface area contributed by atoms with Crippen LogP contribution in [0.25, 0.3) is 0 Å². The van der Waals surface area contributed by atoms with Gasteiger partial charge in [0, 0.05) is 0 Å². The van der Waals surface area contributed by atoms with Crippen LogP contribution >= 0.6 is 0 Å². The lowest BCUT2D eigenvalue weighted by molar-refractivity contribution is -0.138. The molecule has 7 nitrogen and oxygen atoms in total. The van der Waals surface area contributed by atoms with E-state index in [-0.39, 0.29) is 5.91 Å². The van der Waals surface area contributed by atoms with Crippen molar-refractivity contribution in [2.24, 2.45) is 5.84 Å². The van der Waals surface area contributed by atoms with Crippen molar-refractivity contribution in [3.63, 3.8) is 0 Å². The number of imide groups is 1. The lowest BCUT2D eigenvalue weighted by Crippen LogP contribution is -2.52. The highest BCUT2D eigenvalue weighted by atomic mass is 16.2. The van der Waals surface area contributed by atoms with Gasteiger partial charge in [0.05, 0.1) is 0 Å². The van der Waals surface area contributed by atoms with Crippen LogP contribution in [0.2, 0.25) is 0 Å². The maximum absolute atomic E-state index is 12.6. The van der Waals surface area contributed by atoms with Gasteiger partial charge >= 0.3 is 6.03 Å². The second-order valence-corrected chi connectivity index (χ2v) is 5.64. The second kappa shape index (κ2) is 5.78. The Morgan fingerprint density at radius 2 is 1.80 bits per heavy atom. The van der Waals surface area contributed by atoms with Crippen molar-refractivity contribution in [3.05, 3.63) is 0 Å². The second-order valence-electron chi connectivity index (χ2n) is 5.64. The van der Waals surface area contributed by atoms with Crippen molar-refractivity contribution < 1.29 is 14.4 Å². The van der Waals surface area contributed by atoms with Gasteiger partial charge in [0.15, 0.2) is 0 Å². The molecule has 20 heavy (non-hydrogen) atoms. The van der Waals surface area contributed by atoms with Crippen molar-refractivity contribution in [2.75, 3.05) is 0 Å². The van der Waals surface area contributed by atoms with Crippen molar-refractivity contribution in [3.8, 4) is 0 Å². The Morgan fingerprint density at radius 3 is 2.35 bits per heavy atom. The Bertz CT molecular complexity index is 416. The van der Waals surface area contributed by atoms with E-state index in [0.29, 0.717) is 12.8 Å². The normalized spacial score (nSPS) is 24.0. The lowest BCUT2D eigenvalue weighted by atomic mass is 9.84. The zero-order valence-electron chi connectivity index (χ0n) is 11.8. The summed E-state index contributed by atoms with van der Waals surface area (Å²) in [4.78, 5) is 37.3. The minimum absolute atomic E-state index is 0.291. The van der Waals surface area contributed by atoms with E-state index in [4.69, 9.17) is 5.84 Å².